The summed E-state index contributed by atoms with van der Waals surface area (Å²) in [6.45, 7) is 2.96. The fraction of sp³-hybridized carbons (Fsp3) is 0.444. The van der Waals surface area contributed by atoms with Crippen molar-refractivity contribution in [2.75, 3.05) is 24.5 Å². The van der Waals surface area contributed by atoms with Crippen LogP contribution in [0.2, 0.25) is 5.02 Å². The molecule has 8 nitrogen and oxygen atoms in total. The van der Waals surface area contributed by atoms with Gasteiger partial charge in [-0.15, -0.1) is 0 Å². The van der Waals surface area contributed by atoms with Crippen LogP contribution in [0.15, 0.2) is 29.2 Å². The minimum Gasteiger partial charge on any atom is -0.461 e. The molecule has 0 amide bonds. The number of sulfonamides is 1. The molecule has 1 fully saturated rings. The number of esters is 1. The maximum absolute atomic E-state index is 12.9. The lowest BCUT2D eigenvalue weighted by atomic mass is 9.95. The molecule has 1 saturated heterocycles. The smallest absolute Gasteiger partial charge is 0.361 e. The Morgan fingerprint density at radius 2 is 1.96 bits per heavy atom. The lowest BCUT2D eigenvalue weighted by molar-refractivity contribution is 0.0520. The van der Waals surface area contributed by atoms with Gasteiger partial charge in [-0.2, -0.15) is 5.10 Å². The standard InChI is InChI=1S/C18H22ClN3O5S/c1-3-27-18(23)16-15(17(22(2)20-16)12-8-10-26-11-9-12)21-28(24,25)14-6-4-13(19)5-7-14/h4-7,12,21H,3,8-11H2,1-2H3. The number of anilines is 1. The van der Waals surface area contributed by atoms with Crippen molar-refractivity contribution in [2.24, 2.45) is 7.05 Å². The van der Waals surface area contributed by atoms with Crippen LogP contribution in [0.5, 0.6) is 0 Å². The lowest BCUT2D eigenvalue weighted by Crippen LogP contribution is -2.20. The predicted molar refractivity (Wildman–Crippen MR) is 104 cm³/mol. The van der Waals surface area contributed by atoms with E-state index >= 15 is 0 Å². The van der Waals surface area contributed by atoms with Crippen LogP contribution in [0.3, 0.4) is 0 Å². The molecule has 1 aromatic heterocycles. The van der Waals surface area contributed by atoms with Crippen LogP contribution in [-0.4, -0.2) is 44.0 Å². The minimum atomic E-state index is -3.95. The fourth-order valence-corrected chi connectivity index (χ4v) is 4.43. The van der Waals surface area contributed by atoms with Crippen molar-refractivity contribution in [1.29, 1.82) is 0 Å². The van der Waals surface area contributed by atoms with E-state index in [0.29, 0.717) is 36.8 Å². The Bertz CT molecular complexity index is 950. The van der Waals surface area contributed by atoms with Crippen LogP contribution in [0.1, 0.15) is 41.9 Å². The molecule has 0 radical (unpaired) electrons. The first-order chi connectivity index (χ1) is 13.3. The van der Waals surface area contributed by atoms with Gasteiger partial charge in [0.1, 0.15) is 5.69 Å². The van der Waals surface area contributed by atoms with Gasteiger partial charge in [0.2, 0.25) is 0 Å². The molecule has 1 aromatic carbocycles. The van der Waals surface area contributed by atoms with E-state index in [2.05, 4.69) is 9.82 Å². The number of hydrogen-bond donors (Lipinski definition) is 1. The molecule has 1 aliphatic heterocycles. The molecule has 1 aliphatic rings. The predicted octanol–water partition coefficient (Wildman–Crippen LogP) is 2.95. The van der Waals surface area contributed by atoms with E-state index in [0.717, 1.165) is 0 Å². The Morgan fingerprint density at radius 1 is 1.32 bits per heavy atom. The Kier molecular flexibility index (Phi) is 6.26. The maximum atomic E-state index is 12.9. The monoisotopic (exact) mass is 427 g/mol. The first kappa shape index (κ1) is 20.6. The van der Waals surface area contributed by atoms with E-state index in [4.69, 9.17) is 21.1 Å². The molecule has 0 saturated carbocycles. The van der Waals surface area contributed by atoms with Crippen molar-refractivity contribution in [1.82, 2.24) is 9.78 Å². The summed E-state index contributed by atoms with van der Waals surface area (Å²) in [5.74, 6) is -0.664. The van der Waals surface area contributed by atoms with Crippen LogP contribution < -0.4 is 4.72 Å². The Labute approximate surface area is 168 Å². The van der Waals surface area contributed by atoms with Gasteiger partial charge in [0, 0.05) is 31.2 Å². The normalized spacial score (nSPS) is 15.4. The Balaban J connectivity index is 2.05. The summed E-state index contributed by atoms with van der Waals surface area (Å²) >= 11 is 5.85. The number of carbonyl (C=O) groups excluding carboxylic acids is 1. The lowest BCUT2D eigenvalue weighted by Gasteiger charge is -2.23. The summed E-state index contributed by atoms with van der Waals surface area (Å²) in [5, 5.41) is 4.68. The molecule has 152 valence electrons. The summed E-state index contributed by atoms with van der Waals surface area (Å²) in [6.07, 6.45) is 1.41. The molecule has 0 bridgehead atoms. The molecule has 0 aliphatic carbocycles. The molecule has 28 heavy (non-hydrogen) atoms. The third-order valence-electron chi connectivity index (χ3n) is 4.53. The van der Waals surface area contributed by atoms with Gasteiger partial charge in [-0.1, -0.05) is 11.6 Å². The van der Waals surface area contributed by atoms with Crippen LogP contribution in [-0.2, 0) is 26.5 Å². The quantitative estimate of drug-likeness (QED) is 0.711. The van der Waals surface area contributed by atoms with Gasteiger partial charge >= 0.3 is 5.97 Å². The summed E-state index contributed by atoms with van der Waals surface area (Å²) in [4.78, 5) is 12.4. The van der Waals surface area contributed by atoms with E-state index in [1.165, 1.54) is 24.3 Å². The number of nitrogens with zero attached hydrogens (tertiary/aromatic N) is 2. The third kappa shape index (κ3) is 4.31. The average molecular weight is 428 g/mol. The second-order valence-corrected chi connectivity index (χ2v) is 8.52. The van der Waals surface area contributed by atoms with Gasteiger partial charge in [-0.25, -0.2) is 13.2 Å². The van der Waals surface area contributed by atoms with Crippen molar-refractivity contribution >= 4 is 33.3 Å². The second kappa shape index (κ2) is 8.50. The van der Waals surface area contributed by atoms with Gasteiger partial charge in [-0.3, -0.25) is 9.40 Å². The molecular formula is C18H22ClN3O5S. The van der Waals surface area contributed by atoms with E-state index in [1.54, 1.807) is 18.7 Å². The molecule has 1 N–H and O–H groups in total. The molecule has 0 unspecified atom stereocenters. The van der Waals surface area contributed by atoms with E-state index in [-0.39, 0.29) is 28.8 Å². The van der Waals surface area contributed by atoms with Crippen molar-refractivity contribution in [3.05, 3.63) is 40.7 Å². The van der Waals surface area contributed by atoms with Gasteiger partial charge in [0.15, 0.2) is 5.69 Å². The highest BCUT2D eigenvalue weighted by Gasteiger charge is 2.31. The minimum absolute atomic E-state index is 0.0114. The largest absolute Gasteiger partial charge is 0.461 e. The van der Waals surface area contributed by atoms with Crippen molar-refractivity contribution < 1.29 is 22.7 Å². The number of halogens is 1. The number of hydrogen-bond acceptors (Lipinski definition) is 6. The highest BCUT2D eigenvalue weighted by molar-refractivity contribution is 7.92. The van der Waals surface area contributed by atoms with E-state index in [1.807, 2.05) is 0 Å². The van der Waals surface area contributed by atoms with Gasteiger partial charge in [0.25, 0.3) is 10.0 Å². The van der Waals surface area contributed by atoms with E-state index < -0.39 is 16.0 Å². The molecule has 0 spiro atoms. The number of aromatic nitrogens is 2. The SMILES string of the molecule is CCOC(=O)c1nn(C)c(C2CCOCC2)c1NS(=O)(=O)c1ccc(Cl)cc1. The van der Waals surface area contributed by atoms with Crippen molar-refractivity contribution in [3.63, 3.8) is 0 Å². The van der Waals surface area contributed by atoms with Gasteiger partial charge < -0.3 is 9.47 Å². The topological polar surface area (TPSA) is 99.5 Å². The van der Waals surface area contributed by atoms with Gasteiger partial charge in [-0.05, 0) is 44.0 Å². The zero-order valence-electron chi connectivity index (χ0n) is 15.6. The highest BCUT2D eigenvalue weighted by Crippen LogP contribution is 2.35. The van der Waals surface area contributed by atoms with Crippen molar-refractivity contribution in [3.8, 4) is 0 Å². The molecule has 0 atom stereocenters. The number of aryl methyl sites for hydroxylation is 1. The number of nitrogens with one attached hydrogen (secondary N) is 1. The number of benzene rings is 1. The van der Waals surface area contributed by atoms with Crippen LogP contribution >= 0.6 is 11.6 Å². The maximum Gasteiger partial charge on any atom is 0.361 e. The fourth-order valence-electron chi connectivity index (χ4n) is 3.23. The van der Waals surface area contributed by atoms with Crippen LogP contribution in [0.4, 0.5) is 5.69 Å². The number of ether oxygens (including phenoxy) is 2. The Morgan fingerprint density at radius 3 is 2.57 bits per heavy atom. The molecular weight excluding hydrogens is 406 g/mol. The first-order valence-corrected chi connectivity index (χ1v) is 10.8. The average Bonchev–Trinajstić information content (AvgIpc) is 2.98. The van der Waals surface area contributed by atoms with Gasteiger partial charge in [0.05, 0.1) is 17.2 Å². The first-order valence-electron chi connectivity index (χ1n) is 8.93. The Hall–Kier alpha value is -2.10. The second-order valence-electron chi connectivity index (χ2n) is 6.40. The zero-order valence-corrected chi connectivity index (χ0v) is 17.2. The molecule has 2 aromatic rings. The molecule has 3 rings (SSSR count). The summed E-state index contributed by atoms with van der Waals surface area (Å²) < 4.78 is 40.4. The van der Waals surface area contributed by atoms with Crippen LogP contribution in [0, 0.1) is 0 Å². The van der Waals surface area contributed by atoms with E-state index in [9.17, 15) is 13.2 Å². The number of carbonyl (C=O) groups is 1. The summed E-state index contributed by atoms with van der Waals surface area (Å²) in [5.41, 5.74) is 0.745. The number of rotatable bonds is 6. The summed E-state index contributed by atoms with van der Waals surface area (Å²) in [7, 11) is -2.26. The van der Waals surface area contributed by atoms with Crippen LogP contribution in [0.25, 0.3) is 0 Å². The molecule has 2 heterocycles. The molecule has 10 heteroatoms. The summed E-state index contributed by atoms with van der Waals surface area (Å²) in [6, 6.07) is 5.79. The third-order valence-corrected chi connectivity index (χ3v) is 6.15. The zero-order chi connectivity index (χ0) is 20.3. The highest BCUT2D eigenvalue weighted by atomic mass is 35.5. The van der Waals surface area contributed by atoms with Crippen molar-refractivity contribution in [2.45, 2.75) is 30.6 Å².